The van der Waals surface area contributed by atoms with E-state index in [4.69, 9.17) is 23.2 Å². The van der Waals surface area contributed by atoms with E-state index in [0.717, 1.165) is 10.8 Å². The standard InChI is InChI=1S/2C9H5ClINO.Cu/c2*10-6-4-7(11)9(13)8-5(6)2-1-3-12-8;/h2*1-4,13H;. The average Bonchev–Trinajstić information content (AvgIpc) is 2.65. The first-order valence-electron chi connectivity index (χ1n) is 7.23. The second kappa shape index (κ2) is 9.75. The number of halogens is 4. The Morgan fingerprint density at radius 1 is 0.741 bits per heavy atom. The molecule has 0 fully saturated rings. The number of aromatic nitrogens is 2. The summed E-state index contributed by atoms with van der Waals surface area (Å²) in [7, 11) is 0. The molecule has 1 radical (unpaired) electrons. The van der Waals surface area contributed by atoms with Crippen LogP contribution in [0.5, 0.6) is 11.5 Å². The number of hydrogen-bond acceptors (Lipinski definition) is 4. The molecule has 0 aliphatic heterocycles. The zero-order valence-corrected chi connectivity index (χ0v) is 20.0. The van der Waals surface area contributed by atoms with Crippen molar-refractivity contribution in [2.24, 2.45) is 0 Å². The molecule has 2 N–H and O–H groups in total. The Hall–Kier alpha value is -0.581. The molecule has 0 spiro atoms. The monoisotopic (exact) mass is 673 g/mol. The third-order valence-electron chi connectivity index (χ3n) is 3.54. The number of rotatable bonds is 0. The van der Waals surface area contributed by atoms with Crippen LogP contribution in [0, 0.1) is 7.14 Å². The minimum atomic E-state index is 0. The normalized spacial score (nSPS) is 10.2. The SMILES string of the molecule is Oc1c(I)cc(Cl)c2cccnc12.Oc1c(I)cc(Cl)c2cccnc12.[Cu]. The minimum Gasteiger partial charge on any atom is -0.505 e. The van der Waals surface area contributed by atoms with Crippen LogP contribution < -0.4 is 0 Å². The van der Waals surface area contributed by atoms with Gasteiger partial charge in [0.2, 0.25) is 0 Å². The number of phenolic OH excluding ortho intramolecular Hbond substituents is 2. The Kier molecular flexibility index (Phi) is 8.20. The molecular formula is C18H10Cl2CuI2N2O2. The van der Waals surface area contributed by atoms with E-state index in [9.17, 15) is 10.2 Å². The maximum Gasteiger partial charge on any atom is 0.155 e. The molecule has 143 valence electrons. The van der Waals surface area contributed by atoms with Crippen molar-refractivity contribution in [2.45, 2.75) is 0 Å². The van der Waals surface area contributed by atoms with Gasteiger partial charge in [-0.3, -0.25) is 9.97 Å². The van der Waals surface area contributed by atoms with Gasteiger partial charge in [-0.15, -0.1) is 0 Å². The van der Waals surface area contributed by atoms with E-state index in [2.05, 4.69) is 9.97 Å². The Morgan fingerprint density at radius 3 is 1.48 bits per heavy atom. The summed E-state index contributed by atoms with van der Waals surface area (Å²) < 4.78 is 1.43. The van der Waals surface area contributed by atoms with E-state index in [1.165, 1.54) is 0 Å². The molecule has 0 amide bonds. The van der Waals surface area contributed by atoms with E-state index < -0.39 is 0 Å². The number of phenols is 2. The van der Waals surface area contributed by atoms with Crippen molar-refractivity contribution in [1.82, 2.24) is 9.97 Å². The van der Waals surface area contributed by atoms with Crippen molar-refractivity contribution in [3.05, 3.63) is 66.0 Å². The van der Waals surface area contributed by atoms with E-state index >= 15 is 0 Å². The topological polar surface area (TPSA) is 66.2 Å². The number of nitrogens with zero attached hydrogens (tertiary/aromatic N) is 2. The molecule has 0 aliphatic carbocycles. The molecule has 27 heavy (non-hydrogen) atoms. The van der Waals surface area contributed by atoms with E-state index in [1.807, 2.05) is 57.3 Å². The summed E-state index contributed by atoms with van der Waals surface area (Å²) in [6.45, 7) is 0. The van der Waals surface area contributed by atoms with Crippen molar-refractivity contribution in [1.29, 1.82) is 0 Å². The summed E-state index contributed by atoms with van der Waals surface area (Å²) in [6.07, 6.45) is 3.27. The van der Waals surface area contributed by atoms with Gasteiger partial charge in [0.25, 0.3) is 0 Å². The van der Waals surface area contributed by atoms with Crippen molar-refractivity contribution in [3.8, 4) is 11.5 Å². The predicted octanol–water partition coefficient (Wildman–Crippen LogP) is 6.39. The Labute approximate surface area is 203 Å². The number of aromatic hydroxyl groups is 2. The van der Waals surface area contributed by atoms with Crippen LogP contribution in [0.25, 0.3) is 21.8 Å². The molecule has 4 nitrogen and oxygen atoms in total. The van der Waals surface area contributed by atoms with Crippen LogP contribution in [0.15, 0.2) is 48.8 Å². The zero-order chi connectivity index (χ0) is 18.8. The molecule has 2 heterocycles. The Bertz CT molecular complexity index is 1040. The summed E-state index contributed by atoms with van der Waals surface area (Å²) in [5.41, 5.74) is 1.11. The molecule has 0 atom stereocenters. The average molecular weight is 675 g/mol. The third-order valence-corrected chi connectivity index (χ3v) is 5.81. The van der Waals surface area contributed by atoms with Crippen molar-refractivity contribution in [3.63, 3.8) is 0 Å². The molecule has 2 aromatic carbocycles. The van der Waals surface area contributed by atoms with Gasteiger partial charge in [0.15, 0.2) is 11.5 Å². The quantitative estimate of drug-likeness (QED) is 0.168. The second-order valence-electron chi connectivity index (χ2n) is 5.18. The van der Waals surface area contributed by atoms with Gasteiger partial charge in [0.1, 0.15) is 11.0 Å². The molecule has 4 rings (SSSR count). The van der Waals surface area contributed by atoms with Crippen LogP contribution in [-0.4, -0.2) is 20.2 Å². The fraction of sp³-hybridized carbons (Fsp3) is 0. The Morgan fingerprint density at radius 2 is 1.11 bits per heavy atom. The van der Waals surface area contributed by atoms with Crippen molar-refractivity contribution < 1.29 is 27.3 Å². The molecular weight excluding hydrogens is 664 g/mol. The fourth-order valence-electron chi connectivity index (χ4n) is 2.31. The number of pyridine rings is 2. The Balaban J connectivity index is 0.000000187. The molecule has 0 saturated carbocycles. The van der Waals surface area contributed by atoms with Gasteiger partial charge in [-0.25, -0.2) is 0 Å². The van der Waals surface area contributed by atoms with E-state index in [0.29, 0.717) is 28.2 Å². The van der Waals surface area contributed by atoms with E-state index in [1.54, 1.807) is 36.7 Å². The van der Waals surface area contributed by atoms with Gasteiger partial charge < -0.3 is 10.2 Å². The van der Waals surface area contributed by atoms with Crippen LogP contribution in [-0.2, 0) is 17.1 Å². The van der Waals surface area contributed by atoms with Gasteiger partial charge in [-0.05, 0) is 81.6 Å². The number of hydrogen-bond donors (Lipinski definition) is 2. The largest absolute Gasteiger partial charge is 0.505 e. The number of fused-ring (bicyclic) bond motifs is 2. The van der Waals surface area contributed by atoms with Crippen molar-refractivity contribution in [2.75, 3.05) is 0 Å². The zero-order valence-electron chi connectivity index (χ0n) is 13.2. The maximum atomic E-state index is 9.65. The van der Waals surface area contributed by atoms with Gasteiger partial charge in [-0.1, -0.05) is 23.2 Å². The molecule has 0 bridgehead atoms. The molecule has 2 aromatic heterocycles. The second-order valence-corrected chi connectivity index (χ2v) is 8.32. The number of benzene rings is 2. The summed E-state index contributed by atoms with van der Waals surface area (Å²) >= 11 is 16.0. The molecule has 9 heteroatoms. The van der Waals surface area contributed by atoms with Crippen LogP contribution in [0.1, 0.15) is 0 Å². The molecule has 4 aromatic rings. The summed E-state index contributed by atoms with van der Waals surface area (Å²) in [6, 6.07) is 10.7. The van der Waals surface area contributed by atoms with Crippen LogP contribution >= 0.6 is 68.4 Å². The molecule has 0 unspecified atom stereocenters. The maximum absolute atomic E-state index is 9.65. The molecule has 0 saturated heterocycles. The minimum absolute atomic E-state index is 0. The van der Waals surface area contributed by atoms with Gasteiger partial charge >= 0.3 is 0 Å². The van der Waals surface area contributed by atoms with Crippen LogP contribution in [0.3, 0.4) is 0 Å². The first-order chi connectivity index (χ1) is 12.4. The molecule has 0 aliphatic rings. The van der Waals surface area contributed by atoms with Crippen LogP contribution in [0.2, 0.25) is 10.0 Å². The summed E-state index contributed by atoms with van der Waals surface area (Å²) in [5, 5.41) is 22.1. The van der Waals surface area contributed by atoms with E-state index in [-0.39, 0.29) is 28.6 Å². The summed E-state index contributed by atoms with van der Waals surface area (Å²) in [5.74, 6) is 0.390. The van der Waals surface area contributed by atoms with Gasteiger partial charge in [-0.2, -0.15) is 0 Å². The van der Waals surface area contributed by atoms with Crippen LogP contribution in [0.4, 0.5) is 0 Å². The van der Waals surface area contributed by atoms with Gasteiger partial charge in [0.05, 0.1) is 17.2 Å². The van der Waals surface area contributed by atoms with Crippen molar-refractivity contribution >= 4 is 90.2 Å². The van der Waals surface area contributed by atoms with Gasteiger partial charge in [0, 0.05) is 40.2 Å². The smallest absolute Gasteiger partial charge is 0.155 e. The third kappa shape index (κ3) is 4.89. The first kappa shape index (κ1) is 22.7. The fourth-order valence-corrected chi connectivity index (χ4v) is 4.34. The predicted molar refractivity (Wildman–Crippen MR) is 122 cm³/mol. The summed E-state index contributed by atoms with van der Waals surface area (Å²) in [4.78, 5) is 8.13. The first-order valence-corrected chi connectivity index (χ1v) is 10.1.